The lowest BCUT2D eigenvalue weighted by Crippen LogP contribution is -3.11. The van der Waals surface area contributed by atoms with E-state index < -0.39 is 5.97 Å². The first-order valence-electron chi connectivity index (χ1n) is 7.18. The number of carboxylic acid groups (broad SMARTS) is 1. The number of nitrogens with zero attached hydrogens (tertiary/aromatic N) is 2. The van der Waals surface area contributed by atoms with E-state index in [9.17, 15) is 9.90 Å². The third-order valence-electron chi connectivity index (χ3n) is 4.11. The highest BCUT2D eigenvalue weighted by Gasteiger charge is 2.21. The third-order valence-corrected chi connectivity index (χ3v) is 4.11. The van der Waals surface area contributed by atoms with E-state index in [1.807, 2.05) is 29.5 Å². The normalized spacial score (nSPS) is 16.6. The van der Waals surface area contributed by atoms with Crippen LogP contribution in [0.25, 0.3) is 5.65 Å². The minimum atomic E-state index is -1.18. The highest BCUT2D eigenvalue weighted by Crippen LogP contribution is 2.14. The zero-order valence-electron chi connectivity index (χ0n) is 11.7. The van der Waals surface area contributed by atoms with Crippen molar-refractivity contribution in [1.29, 1.82) is 0 Å². The number of likely N-dealkylation sites (tertiary alicyclic amines) is 1. The van der Waals surface area contributed by atoms with Crippen LogP contribution in [0.2, 0.25) is 0 Å². The van der Waals surface area contributed by atoms with Gasteiger partial charge in [0.2, 0.25) is 0 Å². The molecule has 0 amide bonds. The van der Waals surface area contributed by atoms with Crippen LogP contribution in [0.15, 0.2) is 18.2 Å². The van der Waals surface area contributed by atoms with Crippen LogP contribution in [0.3, 0.4) is 0 Å². The van der Waals surface area contributed by atoms with Crippen LogP contribution in [0.4, 0.5) is 0 Å². The van der Waals surface area contributed by atoms with Crippen LogP contribution in [-0.2, 0) is 6.54 Å². The molecule has 20 heavy (non-hydrogen) atoms. The SMILES string of the molecule is Cc1cccc2nc(C(=O)[O-])c(C[NH+]3CCCCC3)n12. The van der Waals surface area contributed by atoms with Gasteiger partial charge in [-0.3, -0.25) is 4.40 Å². The van der Waals surface area contributed by atoms with Crippen LogP contribution >= 0.6 is 0 Å². The van der Waals surface area contributed by atoms with E-state index in [0.717, 1.165) is 24.5 Å². The molecule has 5 heteroatoms. The predicted octanol–water partition coefficient (Wildman–Crippen LogP) is -0.425. The molecule has 2 aromatic rings. The van der Waals surface area contributed by atoms with Crippen LogP contribution in [0.5, 0.6) is 0 Å². The summed E-state index contributed by atoms with van der Waals surface area (Å²) in [7, 11) is 0. The highest BCUT2D eigenvalue weighted by atomic mass is 16.4. The van der Waals surface area contributed by atoms with Crippen molar-refractivity contribution < 1.29 is 14.8 Å². The average molecular weight is 273 g/mol. The first-order chi connectivity index (χ1) is 9.66. The van der Waals surface area contributed by atoms with Gasteiger partial charge in [0, 0.05) is 5.69 Å². The number of pyridine rings is 1. The van der Waals surface area contributed by atoms with Crippen LogP contribution in [-0.4, -0.2) is 28.4 Å². The second-order valence-corrected chi connectivity index (χ2v) is 5.54. The van der Waals surface area contributed by atoms with Gasteiger partial charge in [0.05, 0.1) is 19.1 Å². The van der Waals surface area contributed by atoms with Crippen molar-refractivity contribution >= 4 is 11.6 Å². The molecule has 1 saturated heterocycles. The summed E-state index contributed by atoms with van der Waals surface area (Å²) in [5.74, 6) is -1.18. The molecule has 1 N–H and O–H groups in total. The molecule has 0 spiro atoms. The van der Waals surface area contributed by atoms with E-state index in [1.165, 1.54) is 24.2 Å². The lowest BCUT2D eigenvalue weighted by Gasteiger charge is -2.24. The minimum Gasteiger partial charge on any atom is -0.543 e. The molecular formula is C15H19N3O2. The Bertz CT molecular complexity index is 642. The Morgan fingerprint density at radius 1 is 1.35 bits per heavy atom. The van der Waals surface area contributed by atoms with Crippen molar-refractivity contribution in [3.8, 4) is 0 Å². The number of carboxylic acids is 1. The van der Waals surface area contributed by atoms with Gasteiger partial charge in [-0.2, -0.15) is 0 Å². The van der Waals surface area contributed by atoms with E-state index in [1.54, 1.807) is 0 Å². The molecule has 1 fully saturated rings. The molecule has 0 aliphatic carbocycles. The maximum Gasteiger partial charge on any atom is 0.138 e. The Balaban J connectivity index is 2.06. The molecule has 0 atom stereocenters. The number of quaternary nitrogens is 1. The number of aryl methyl sites for hydroxylation is 1. The third kappa shape index (κ3) is 2.29. The number of nitrogens with one attached hydrogen (secondary N) is 1. The summed E-state index contributed by atoms with van der Waals surface area (Å²) in [4.78, 5) is 17.0. The number of hydrogen-bond acceptors (Lipinski definition) is 3. The summed E-state index contributed by atoms with van der Waals surface area (Å²) in [5.41, 5.74) is 2.57. The standard InChI is InChI=1S/C15H19N3O2/c1-11-6-5-7-13-16-14(15(19)20)12(18(11)13)10-17-8-3-2-4-9-17/h5-7H,2-4,8-10H2,1H3,(H,19,20). The molecular weight excluding hydrogens is 254 g/mol. The van der Waals surface area contributed by atoms with E-state index in [2.05, 4.69) is 4.98 Å². The number of rotatable bonds is 3. The monoisotopic (exact) mass is 273 g/mol. The van der Waals surface area contributed by atoms with Gasteiger partial charge in [-0.15, -0.1) is 0 Å². The lowest BCUT2D eigenvalue weighted by atomic mass is 10.1. The quantitative estimate of drug-likeness (QED) is 0.826. The maximum atomic E-state index is 11.3. The van der Waals surface area contributed by atoms with Gasteiger partial charge >= 0.3 is 0 Å². The van der Waals surface area contributed by atoms with Crippen molar-refractivity contribution in [2.75, 3.05) is 13.1 Å². The topological polar surface area (TPSA) is 61.9 Å². The Kier molecular flexibility index (Phi) is 3.44. The zero-order valence-corrected chi connectivity index (χ0v) is 11.7. The second kappa shape index (κ2) is 5.25. The molecule has 2 aromatic heterocycles. The first-order valence-corrected chi connectivity index (χ1v) is 7.18. The molecule has 0 bridgehead atoms. The molecule has 106 valence electrons. The number of aromatic nitrogens is 2. The second-order valence-electron chi connectivity index (χ2n) is 5.54. The van der Waals surface area contributed by atoms with Gasteiger partial charge in [-0.25, -0.2) is 4.98 Å². The van der Waals surface area contributed by atoms with Gasteiger partial charge in [-0.05, 0) is 38.3 Å². The van der Waals surface area contributed by atoms with E-state index in [-0.39, 0.29) is 5.69 Å². The molecule has 0 radical (unpaired) electrons. The molecule has 0 aromatic carbocycles. The van der Waals surface area contributed by atoms with Gasteiger partial charge in [0.1, 0.15) is 23.6 Å². The van der Waals surface area contributed by atoms with Gasteiger partial charge in [0.15, 0.2) is 0 Å². The molecule has 3 rings (SSSR count). The first kappa shape index (κ1) is 13.1. The predicted molar refractivity (Wildman–Crippen MR) is 72.5 cm³/mol. The van der Waals surface area contributed by atoms with Gasteiger partial charge in [0.25, 0.3) is 0 Å². The zero-order chi connectivity index (χ0) is 14.1. The number of fused-ring (bicyclic) bond motifs is 1. The molecule has 0 saturated carbocycles. The number of carbonyl (C=O) groups is 1. The Labute approximate surface area is 117 Å². The Morgan fingerprint density at radius 2 is 2.10 bits per heavy atom. The summed E-state index contributed by atoms with van der Waals surface area (Å²) in [6, 6.07) is 5.71. The number of imidazole rings is 1. The Morgan fingerprint density at radius 3 is 2.80 bits per heavy atom. The number of aromatic carboxylic acids is 1. The van der Waals surface area contributed by atoms with E-state index >= 15 is 0 Å². The van der Waals surface area contributed by atoms with Crippen LogP contribution < -0.4 is 10.0 Å². The summed E-state index contributed by atoms with van der Waals surface area (Å²) in [6.07, 6.45) is 3.71. The number of hydrogen-bond donors (Lipinski definition) is 1. The van der Waals surface area contributed by atoms with Crippen LogP contribution in [0.1, 0.15) is 41.1 Å². The Hall–Kier alpha value is -1.88. The smallest absolute Gasteiger partial charge is 0.138 e. The number of piperidine rings is 1. The van der Waals surface area contributed by atoms with E-state index in [0.29, 0.717) is 12.2 Å². The molecule has 3 heterocycles. The van der Waals surface area contributed by atoms with Crippen molar-refractivity contribution in [1.82, 2.24) is 9.38 Å². The van der Waals surface area contributed by atoms with Crippen molar-refractivity contribution in [3.63, 3.8) is 0 Å². The fourth-order valence-electron chi connectivity index (χ4n) is 3.12. The number of carbonyl (C=O) groups excluding carboxylic acids is 1. The average Bonchev–Trinajstić information content (AvgIpc) is 2.80. The highest BCUT2D eigenvalue weighted by molar-refractivity contribution is 5.86. The van der Waals surface area contributed by atoms with Gasteiger partial charge < -0.3 is 14.8 Å². The molecule has 1 aliphatic rings. The van der Waals surface area contributed by atoms with Crippen molar-refractivity contribution in [2.24, 2.45) is 0 Å². The van der Waals surface area contributed by atoms with Crippen molar-refractivity contribution in [2.45, 2.75) is 32.7 Å². The summed E-state index contributed by atoms with van der Waals surface area (Å²) >= 11 is 0. The largest absolute Gasteiger partial charge is 0.543 e. The lowest BCUT2D eigenvalue weighted by molar-refractivity contribution is -0.918. The van der Waals surface area contributed by atoms with Gasteiger partial charge in [-0.1, -0.05) is 6.07 Å². The fraction of sp³-hybridized carbons (Fsp3) is 0.467. The van der Waals surface area contributed by atoms with E-state index in [4.69, 9.17) is 0 Å². The summed E-state index contributed by atoms with van der Waals surface area (Å²) in [6.45, 7) is 4.88. The maximum absolute atomic E-state index is 11.3. The fourth-order valence-corrected chi connectivity index (χ4v) is 3.12. The minimum absolute atomic E-state index is 0.0948. The van der Waals surface area contributed by atoms with Crippen LogP contribution in [0, 0.1) is 6.92 Å². The molecule has 5 nitrogen and oxygen atoms in total. The summed E-state index contributed by atoms with van der Waals surface area (Å²) in [5, 5.41) is 11.3. The summed E-state index contributed by atoms with van der Waals surface area (Å²) < 4.78 is 1.95. The molecule has 1 aliphatic heterocycles. The van der Waals surface area contributed by atoms with Crippen molar-refractivity contribution in [3.05, 3.63) is 35.3 Å². The molecule has 0 unspecified atom stereocenters.